The molecule has 0 saturated carbocycles. The Labute approximate surface area is 147 Å². The van der Waals surface area contributed by atoms with E-state index < -0.39 is 10.0 Å². The van der Waals surface area contributed by atoms with Crippen LogP contribution in [0.5, 0.6) is 0 Å². The molecule has 1 amide bonds. The molecule has 1 unspecified atom stereocenters. The second-order valence-corrected chi connectivity index (χ2v) is 7.84. The molecule has 2 aromatic carbocycles. The molecule has 1 aliphatic heterocycles. The van der Waals surface area contributed by atoms with Crippen LogP contribution < -0.4 is 10.5 Å². The van der Waals surface area contributed by atoms with Crippen LogP contribution in [0.3, 0.4) is 0 Å². The largest absolute Gasteiger partial charge is 0.337 e. The van der Waals surface area contributed by atoms with Crippen LogP contribution >= 0.6 is 0 Å². The zero-order valence-electron chi connectivity index (χ0n) is 13.8. The standard InChI is InChI=1S/C18H21N3O3S/c19-15-7-5-11-21(13-15)18(22)14-6-4-8-16(12-14)20-25(23,24)17-9-2-1-3-10-17/h1-4,6,8-10,12,15,20H,5,7,11,13,19H2. The number of sulfonamides is 1. The van der Waals surface area contributed by atoms with Crippen molar-refractivity contribution in [2.75, 3.05) is 17.8 Å². The lowest BCUT2D eigenvalue weighted by Crippen LogP contribution is -2.45. The topological polar surface area (TPSA) is 92.5 Å². The number of rotatable bonds is 4. The first-order valence-electron chi connectivity index (χ1n) is 8.18. The number of carbonyl (C=O) groups excluding carboxylic acids is 1. The number of nitrogens with two attached hydrogens (primary N) is 1. The van der Waals surface area contributed by atoms with Crippen molar-refractivity contribution in [3.05, 3.63) is 60.2 Å². The first kappa shape index (κ1) is 17.4. The van der Waals surface area contributed by atoms with E-state index in [9.17, 15) is 13.2 Å². The number of hydrogen-bond donors (Lipinski definition) is 2. The molecule has 132 valence electrons. The second kappa shape index (κ2) is 7.25. The highest BCUT2D eigenvalue weighted by Gasteiger charge is 2.23. The van der Waals surface area contributed by atoms with Gasteiger partial charge >= 0.3 is 0 Å². The number of hydrogen-bond acceptors (Lipinski definition) is 4. The van der Waals surface area contributed by atoms with Crippen molar-refractivity contribution in [1.29, 1.82) is 0 Å². The predicted molar refractivity (Wildman–Crippen MR) is 96.8 cm³/mol. The summed E-state index contributed by atoms with van der Waals surface area (Å²) in [6.07, 6.45) is 1.80. The third kappa shape index (κ3) is 4.18. The first-order valence-corrected chi connectivity index (χ1v) is 9.67. The van der Waals surface area contributed by atoms with E-state index >= 15 is 0 Å². The lowest BCUT2D eigenvalue weighted by atomic mass is 10.1. The van der Waals surface area contributed by atoms with Gasteiger partial charge in [-0.1, -0.05) is 24.3 Å². The molecule has 1 fully saturated rings. The van der Waals surface area contributed by atoms with Crippen molar-refractivity contribution >= 4 is 21.6 Å². The van der Waals surface area contributed by atoms with Gasteiger partial charge in [-0.2, -0.15) is 0 Å². The van der Waals surface area contributed by atoms with Gasteiger partial charge in [-0.3, -0.25) is 9.52 Å². The summed E-state index contributed by atoms with van der Waals surface area (Å²) in [5.41, 5.74) is 6.74. The molecule has 0 bridgehead atoms. The van der Waals surface area contributed by atoms with Crippen LogP contribution in [-0.2, 0) is 10.0 Å². The fraction of sp³-hybridized carbons (Fsp3) is 0.278. The Morgan fingerprint density at radius 1 is 1.12 bits per heavy atom. The summed E-state index contributed by atoms with van der Waals surface area (Å²) in [6, 6.07) is 14.6. The molecule has 0 aromatic heterocycles. The lowest BCUT2D eigenvalue weighted by Gasteiger charge is -2.30. The molecular formula is C18H21N3O3S. The Morgan fingerprint density at radius 2 is 1.88 bits per heavy atom. The summed E-state index contributed by atoms with van der Waals surface area (Å²) in [5, 5.41) is 0. The molecule has 1 heterocycles. The van der Waals surface area contributed by atoms with Gasteiger partial charge in [-0.15, -0.1) is 0 Å². The van der Waals surface area contributed by atoms with E-state index in [4.69, 9.17) is 5.73 Å². The van der Waals surface area contributed by atoms with Crippen molar-refractivity contribution in [3.63, 3.8) is 0 Å². The molecule has 0 aliphatic carbocycles. The van der Waals surface area contributed by atoms with Crippen molar-refractivity contribution in [2.45, 2.75) is 23.8 Å². The molecule has 1 aliphatic rings. The maximum absolute atomic E-state index is 12.6. The average molecular weight is 359 g/mol. The first-order chi connectivity index (χ1) is 12.0. The van der Waals surface area contributed by atoms with Crippen LogP contribution in [0, 0.1) is 0 Å². The van der Waals surface area contributed by atoms with Gasteiger partial charge in [0.05, 0.1) is 4.90 Å². The number of nitrogens with one attached hydrogen (secondary N) is 1. The van der Waals surface area contributed by atoms with Crippen molar-refractivity contribution in [1.82, 2.24) is 4.90 Å². The Balaban J connectivity index is 1.79. The Bertz CT molecular complexity index is 853. The third-order valence-corrected chi connectivity index (χ3v) is 5.56. The number of nitrogens with zero attached hydrogens (tertiary/aromatic N) is 1. The van der Waals surface area contributed by atoms with E-state index in [0.29, 0.717) is 24.3 Å². The minimum Gasteiger partial charge on any atom is -0.337 e. The molecule has 6 nitrogen and oxygen atoms in total. The summed E-state index contributed by atoms with van der Waals surface area (Å²) in [6.45, 7) is 1.20. The van der Waals surface area contributed by atoms with Crippen LogP contribution in [0.1, 0.15) is 23.2 Å². The maximum atomic E-state index is 12.6. The molecule has 7 heteroatoms. The lowest BCUT2D eigenvalue weighted by molar-refractivity contribution is 0.0709. The molecule has 0 spiro atoms. The number of benzene rings is 2. The van der Waals surface area contributed by atoms with E-state index in [-0.39, 0.29) is 16.8 Å². The second-order valence-electron chi connectivity index (χ2n) is 6.15. The van der Waals surface area contributed by atoms with Crippen LogP contribution in [0.2, 0.25) is 0 Å². The van der Waals surface area contributed by atoms with Crippen LogP contribution in [0.15, 0.2) is 59.5 Å². The summed E-state index contributed by atoms with van der Waals surface area (Å²) in [4.78, 5) is 14.5. The number of amides is 1. The van der Waals surface area contributed by atoms with Gasteiger partial charge in [0, 0.05) is 30.4 Å². The van der Waals surface area contributed by atoms with Gasteiger partial charge in [0.2, 0.25) is 0 Å². The monoisotopic (exact) mass is 359 g/mol. The summed E-state index contributed by atoms with van der Waals surface area (Å²) >= 11 is 0. The van der Waals surface area contributed by atoms with Crippen molar-refractivity contribution in [3.8, 4) is 0 Å². The van der Waals surface area contributed by atoms with Crippen molar-refractivity contribution in [2.24, 2.45) is 5.73 Å². The van der Waals surface area contributed by atoms with Gasteiger partial charge in [-0.25, -0.2) is 8.42 Å². The van der Waals surface area contributed by atoms with E-state index in [1.165, 1.54) is 12.1 Å². The van der Waals surface area contributed by atoms with Gasteiger partial charge in [0.1, 0.15) is 0 Å². The SMILES string of the molecule is NC1CCCN(C(=O)c2cccc(NS(=O)(=O)c3ccccc3)c2)C1. The van der Waals surface area contributed by atoms with E-state index in [1.807, 2.05) is 0 Å². The Morgan fingerprint density at radius 3 is 2.60 bits per heavy atom. The number of likely N-dealkylation sites (tertiary alicyclic amines) is 1. The third-order valence-electron chi connectivity index (χ3n) is 4.16. The molecule has 25 heavy (non-hydrogen) atoms. The highest BCUT2D eigenvalue weighted by Crippen LogP contribution is 2.19. The number of anilines is 1. The summed E-state index contributed by atoms with van der Waals surface area (Å²) in [7, 11) is -3.68. The summed E-state index contributed by atoms with van der Waals surface area (Å²) in [5.74, 6) is -0.129. The van der Waals surface area contributed by atoms with Crippen LogP contribution in [0.25, 0.3) is 0 Å². The average Bonchev–Trinajstić information content (AvgIpc) is 2.62. The smallest absolute Gasteiger partial charge is 0.261 e. The van der Waals surface area contributed by atoms with E-state index in [2.05, 4.69) is 4.72 Å². The molecule has 1 saturated heterocycles. The fourth-order valence-electron chi connectivity index (χ4n) is 2.91. The van der Waals surface area contributed by atoms with Crippen molar-refractivity contribution < 1.29 is 13.2 Å². The van der Waals surface area contributed by atoms with E-state index in [0.717, 1.165) is 12.8 Å². The minimum absolute atomic E-state index is 0.00235. The van der Waals surface area contributed by atoms with E-state index in [1.54, 1.807) is 47.4 Å². The number of piperidine rings is 1. The molecule has 2 aromatic rings. The zero-order valence-corrected chi connectivity index (χ0v) is 14.6. The highest BCUT2D eigenvalue weighted by atomic mass is 32.2. The maximum Gasteiger partial charge on any atom is 0.261 e. The normalized spacial score (nSPS) is 18.0. The highest BCUT2D eigenvalue weighted by molar-refractivity contribution is 7.92. The predicted octanol–water partition coefficient (Wildman–Crippen LogP) is 2.05. The van der Waals surface area contributed by atoms with Crippen LogP contribution in [0.4, 0.5) is 5.69 Å². The Hall–Kier alpha value is -2.38. The molecule has 0 radical (unpaired) electrons. The number of carbonyl (C=O) groups is 1. The molecule has 3 N–H and O–H groups in total. The Kier molecular flexibility index (Phi) is 5.06. The van der Waals surface area contributed by atoms with Gasteiger partial charge in [0.15, 0.2) is 0 Å². The fourth-order valence-corrected chi connectivity index (χ4v) is 3.98. The van der Waals surface area contributed by atoms with Gasteiger partial charge in [-0.05, 0) is 43.2 Å². The van der Waals surface area contributed by atoms with Crippen LogP contribution in [-0.4, -0.2) is 38.4 Å². The van der Waals surface area contributed by atoms with Gasteiger partial charge in [0.25, 0.3) is 15.9 Å². The quantitative estimate of drug-likeness (QED) is 0.874. The molecular weight excluding hydrogens is 338 g/mol. The van der Waals surface area contributed by atoms with Gasteiger partial charge < -0.3 is 10.6 Å². The molecule has 3 rings (SSSR count). The zero-order chi connectivity index (χ0) is 17.9. The summed E-state index contributed by atoms with van der Waals surface area (Å²) < 4.78 is 27.3. The minimum atomic E-state index is -3.68. The molecule has 1 atom stereocenters.